The number of hydrogen-bond donors (Lipinski definition) is 2. The maximum atomic E-state index is 13.5. The molecule has 5 heteroatoms. The molecule has 3 nitrogen and oxygen atoms in total. The van der Waals surface area contributed by atoms with Gasteiger partial charge in [-0.1, -0.05) is 34.1 Å². The van der Waals surface area contributed by atoms with Crippen LogP contribution in [-0.2, 0) is 12.8 Å². The molecule has 1 aliphatic heterocycles. The molecule has 0 bridgehead atoms. The zero-order chi connectivity index (χ0) is 14.8. The van der Waals surface area contributed by atoms with E-state index in [0.717, 1.165) is 22.2 Å². The van der Waals surface area contributed by atoms with Crippen molar-refractivity contribution in [3.63, 3.8) is 0 Å². The molecule has 3 N–H and O–H groups in total. The van der Waals surface area contributed by atoms with Gasteiger partial charge < -0.3 is 4.74 Å². The van der Waals surface area contributed by atoms with Crippen LogP contribution in [-0.4, -0.2) is 12.1 Å². The van der Waals surface area contributed by atoms with Gasteiger partial charge in [0.15, 0.2) is 0 Å². The van der Waals surface area contributed by atoms with Crippen LogP contribution < -0.4 is 16.0 Å². The molecule has 0 aliphatic carbocycles. The monoisotopic (exact) mass is 350 g/mol. The molecule has 2 aromatic carbocycles. The molecule has 2 atom stereocenters. The van der Waals surface area contributed by atoms with Crippen molar-refractivity contribution in [1.29, 1.82) is 0 Å². The molecular formula is C16H16BrFN2O. The second-order valence-electron chi connectivity index (χ2n) is 5.22. The fourth-order valence-electron chi connectivity index (χ4n) is 2.71. The van der Waals surface area contributed by atoms with E-state index in [1.54, 1.807) is 0 Å². The normalized spacial score (nSPS) is 18.1. The van der Waals surface area contributed by atoms with E-state index < -0.39 is 0 Å². The highest BCUT2D eigenvalue weighted by atomic mass is 79.9. The molecular weight excluding hydrogens is 335 g/mol. The fraction of sp³-hybridized carbons (Fsp3) is 0.250. The maximum absolute atomic E-state index is 13.5. The first-order valence-electron chi connectivity index (χ1n) is 6.81. The Balaban J connectivity index is 1.75. The highest BCUT2D eigenvalue weighted by molar-refractivity contribution is 9.10. The minimum atomic E-state index is -0.259. The highest BCUT2D eigenvalue weighted by Crippen LogP contribution is 2.30. The number of para-hydroxylation sites is 1. The van der Waals surface area contributed by atoms with Gasteiger partial charge in [-0.2, -0.15) is 0 Å². The number of benzene rings is 2. The van der Waals surface area contributed by atoms with Crippen molar-refractivity contribution in [2.45, 2.75) is 25.0 Å². The Hall–Kier alpha value is -1.43. The summed E-state index contributed by atoms with van der Waals surface area (Å²) < 4.78 is 20.1. The van der Waals surface area contributed by atoms with Gasteiger partial charge in [-0.3, -0.25) is 11.3 Å². The van der Waals surface area contributed by atoms with Crippen LogP contribution in [0.1, 0.15) is 11.1 Å². The summed E-state index contributed by atoms with van der Waals surface area (Å²) in [5, 5.41) is 0. The second-order valence-corrected chi connectivity index (χ2v) is 6.14. The Labute approximate surface area is 131 Å². The van der Waals surface area contributed by atoms with Crippen LogP contribution in [0.4, 0.5) is 4.39 Å². The Morgan fingerprint density at radius 3 is 2.86 bits per heavy atom. The van der Waals surface area contributed by atoms with Crippen LogP contribution >= 0.6 is 15.9 Å². The maximum Gasteiger partial charge on any atom is 0.124 e. The molecule has 0 fully saturated rings. The predicted octanol–water partition coefficient (Wildman–Crippen LogP) is 2.97. The highest BCUT2D eigenvalue weighted by Gasteiger charge is 2.29. The van der Waals surface area contributed by atoms with E-state index in [0.29, 0.717) is 6.42 Å². The van der Waals surface area contributed by atoms with Crippen molar-refractivity contribution in [1.82, 2.24) is 5.43 Å². The standard InChI is InChI=1S/C16H16BrFN2O/c17-12-5-10(6-13(18)9-12)7-14(20-19)16-8-11-3-1-2-4-15(11)21-16/h1-6,9,14,16,20H,7-8,19H2. The summed E-state index contributed by atoms with van der Waals surface area (Å²) in [4.78, 5) is 0. The van der Waals surface area contributed by atoms with Gasteiger partial charge >= 0.3 is 0 Å². The number of halogens is 2. The average molecular weight is 351 g/mol. The third-order valence-corrected chi connectivity index (χ3v) is 4.17. The van der Waals surface area contributed by atoms with E-state index in [1.807, 2.05) is 24.3 Å². The van der Waals surface area contributed by atoms with Gasteiger partial charge in [0.25, 0.3) is 0 Å². The van der Waals surface area contributed by atoms with Crippen LogP contribution in [0.2, 0.25) is 0 Å². The van der Waals surface area contributed by atoms with Gasteiger partial charge in [0.1, 0.15) is 17.7 Å². The number of nitrogens with one attached hydrogen (secondary N) is 1. The van der Waals surface area contributed by atoms with E-state index >= 15 is 0 Å². The summed E-state index contributed by atoms with van der Waals surface area (Å²) in [6.45, 7) is 0. The Bertz CT molecular complexity index is 605. The lowest BCUT2D eigenvalue weighted by Gasteiger charge is -2.22. The Kier molecular flexibility index (Phi) is 4.24. The molecule has 3 rings (SSSR count). The van der Waals surface area contributed by atoms with Crippen LogP contribution in [0, 0.1) is 5.82 Å². The van der Waals surface area contributed by atoms with Crippen molar-refractivity contribution in [2.24, 2.45) is 5.84 Å². The van der Waals surface area contributed by atoms with E-state index in [1.165, 1.54) is 17.7 Å². The van der Waals surface area contributed by atoms with Gasteiger partial charge in [0.2, 0.25) is 0 Å². The van der Waals surface area contributed by atoms with Crippen LogP contribution in [0.15, 0.2) is 46.9 Å². The summed E-state index contributed by atoms with van der Waals surface area (Å²) >= 11 is 3.31. The van der Waals surface area contributed by atoms with Gasteiger partial charge in [0.05, 0.1) is 6.04 Å². The number of hydrogen-bond acceptors (Lipinski definition) is 3. The lowest BCUT2D eigenvalue weighted by atomic mass is 9.98. The molecule has 0 amide bonds. The largest absolute Gasteiger partial charge is 0.488 e. The summed E-state index contributed by atoms with van der Waals surface area (Å²) in [5.74, 6) is 6.32. The van der Waals surface area contributed by atoms with Crippen molar-refractivity contribution in [3.8, 4) is 5.75 Å². The van der Waals surface area contributed by atoms with Crippen LogP contribution in [0.25, 0.3) is 0 Å². The molecule has 0 aromatic heterocycles. The zero-order valence-electron chi connectivity index (χ0n) is 11.4. The quantitative estimate of drug-likeness (QED) is 0.658. The molecule has 0 saturated heterocycles. The minimum Gasteiger partial charge on any atom is -0.488 e. The lowest BCUT2D eigenvalue weighted by Crippen LogP contribution is -2.47. The Morgan fingerprint density at radius 2 is 2.14 bits per heavy atom. The van der Waals surface area contributed by atoms with E-state index in [-0.39, 0.29) is 18.0 Å². The molecule has 0 spiro atoms. The smallest absolute Gasteiger partial charge is 0.124 e. The topological polar surface area (TPSA) is 47.3 Å². The van der Waals surface area contributed by atoms with E-state index in [2.05, 4.69) is 27.4 Å². The molecule has 110 valence electrons. The number of rotatable bonds is 4. The van der Waals surface area contributed by atoms with Gasteiger partial charge in [-0.05, 0) is 41.8 Å². The summed E-state index contributed by atoms with van der Waals surface area (Å²) in [7, 11) is 0. The van der Waals surface area contributed by atoms with Crippen molar-refractivity contribution >= 4 is 15.9 Å². The van der Waals surface area contributed by atoms with E-state index in [4.69, 9.17) is 10.6 Å². The molecule has 0 radical (unpaired) electrons. The summed E-state index contributed by atoms with van der Waals surface area (Å²) in [6.07, 6.45) is 1.36. The summed E-state index contributed by atoms with van der Waals surface area (Å²) in [6, 6.07) is 12.8. The Morgan fingerprint density at radius 1 is 1.33 bits per heavy atom. The van der Waals surface area contributed by atoms with Crippen LogP contribution in [0.3, 0.4) is 0 Å². The SMILES string of the molecule is NNC(Cc1cc(F)cc(Br)c1)C1Cc2ccccc2O1. The zero-order valence-corrected chi connectivity index (χ0v) is 12.9. The third kappa shape index (κ3) is 3.26. The average Bonchev–Trinajstić information content (AvgIpc) is 2.87. The van der Waals surface area contributed by atoms with Gasteiger partial charge in [-0.25, -0.2) is 4.39 Å². The molecule has 0 saturated carbocycles. The third-order valence-electron chi connectivity index (χ3n) is 3.71. The fourth-order valence-corrected chi connectivity index (χ4v) is 3.23. The minimum absolute atomic E-state index is 0.0468. The summed E-state index contributed by atoms with van der Waals surface area (Å²) in [5.41, 5.74) is 4.87. The van der Waals surface area contributed by atoms with Gasteiger partial charge in [0, 0.05) is 10.9 Å². The van der Waals surface area contributed by atoms with E-state index in [9.17, 15) is 4.39 Å². The molecule has 2 unspecified atom stereocenters. The molecule has 2 aromatic rings. The number of hydrazine groups is 1. The number of fused-ring (bicyclic) bond motifs is 1. The second kappa shape index (κ2) is 6.13. The first-order chi connectivity index (χ1) is 10.2. The lowest BCUT2D eigenvalue weighted by molar-refractivity contribution is 0.177. The van der Waals surface area contributed by atoms with Crippen molar-refractivity contribution in [2.75, 3.05) is 0 Å². The molecule has 1 aliphatic rings. The van der Waals surface area contributed by atoms with Crippen LogP contribution in [0.5, 0.6) is 5.75 Å². The van der Waals surface area contributed by atoms with Crippen molar-refractivity contribution in [3.05, 3.63) is 63.9 Å². The molecule has 1 heterocycles. The van der Waals surface area contributed by atoms with Gasteiger partial charge in [-0.15, -0.1) is 0 Å². The first kappa shape index (κ1) is 14.5. The predicted molar refractivity (Wildman–Crippen MR) is 83.5 cm³/mol. The number of ether oxygens (including phenoxy) is 1. The molecule has 21 heavy (non-hydrogen) atoms. The number of nitrogens with two attached hydrogens (primary N) is 1. The van der Waals surface area contributed by atoms with Crippen molar-refractivity contribution < 1.29 is 9.13 Å². The first-order valence-corrected chi connectivity index (χ1v) is 7.60.